The van der Waals surface area contributed by atoms with E-state index in [1.54, 1.807) is 6.20 Å². The second-order valence-corrected chi connectivity index (χ2v) is 6.59. The van der Waals surface area contributed by atoms with E-state index in [4.69, 9.17) is 0 Å². The highest BCUT2D eigenvalue weighted by atomic mass is 79.9. The van der Waals surface area contributed by atoms with Crippen LogP contribution in [-0.2, 0) is 13.1 Å². The minimum Gasteiger partial charge on any atom is -0.308 e. The average molecular weight is 322 g/mol. The summed E-state index contributed by atoms with van der Waals surface area (Å²) in [6, 6.07) is 8.45. The molecule has 19 heavy (non-hydrogen) atoms. The van der Waals surface area contributed by atoms with Crippen LogP contribution >= 0.6 is 15.9 Å². The van der Waals surface area contributed by atoms with Crippen molar-refractivity contribution in [2.45, 2.75) is 39.4 Å². The molecule has 1 heterocycles. The number of halogens is 1. The van der Waals surface area contributed by atoms with Gasteiger partial charge in [0.1, 0.15) is 0 Å². The van der Waals surface area contributed by atoms with Crippen molar-refractivity contribution in [3.63, 3.8) is 0 Å². The first kappa shape index (κ1) is 14.3. The molecule has 0 radical (unpaired) electrons. The van der Waals surface area contributed by atoms with Crippen LogP contribution < -0.4 is 5.32 Å². The van der Waals surface area contributed by atoms with Gasteiger partial charge in [-0.05, 0) is 44.0 Å². The largest absolute Gasteiger partial charge is 0.308 e. The van der Waals surface area contributed by atoms with E-state index in [1.807, 2.05) is 16.9 Å². The van der Waals surface area contributed by atoms with E-state index < -0.39 is 0 Å². The first-order chi connectivity index (χ1) is 8.94. The van der Waals surface area contributed by atoms with Gasteiger partial charge in [-0.2, -0.15) is 5.10 Å². The molecule has 0 amide bonds. The monoisotopic (exact) mass is 321 g/mol. The Hall–Kier alpha value is -1.13. The van der Waals surface area contributed by atoms with Gasteiger partial charge in [0, 0.05) is 29.0 Å². The average Bonchev–Trinajstić information content (AvgIpc) is 2.81. The number of benzene rings is 1. The van der Waals surface area contributed by atoms with Gasteiger partial charge in [-0.15, -0.1) is 0 Å². The van der Waals surface area contributed by atoms with Crippen LogP contribution in [0.1, 0.15) is 31.9 Å². The van der Waals surface area contributed by atoms with Gasteiger partial charge < -0.3 is 5.32 Å². The third kappa shape index (κ3) is 4.48. The Balaban J connectivity index is 2.05. The molecule has 3 nitrogen and oxygen atoms in total. The lowest BCUT2D eigenvalue weighted by Gasteiger charge is -2.20. The van der Waals surface area contributed by atoms with Crippen LogP contribution in [0.25, 0.3) is 0 Å². The third-order valence-electron chi connectivity index (χ3n) is 2.83. The maximum atomic E-state index is 4.23. The molecule has 0 aliphatic carbocycles. The van der Waals surface area contributed by atoms with Gasteiger partial charge in [0.25, 0.3) is 0 Å². The topological polar surface area (TPSA) is 29.9 Å². The van der Waals surface area contributed by atoms with Crippen LogP contribution in [0.5, 0.6) is 0 Å². The highest BCUT2D eigenvalue weighted by Gasteiger charge is 2.09. The van der Waals surface area contributed by atoms with Gasteiger partial charge in [0.05, 0.1) is 6.54 Å². The zero-order chi connectivity index (χ0) is 13.9. The van der Waals surface area contributed by atoms with Crippen LogP contribution in [0, 0.1) is 0 Å². The summed E-state index contributed by atoms with van der Waals surface area (Å²) in [4.78, 5) is 0. The molecule has 0 spiro atoms. The highest BCUT2D eigenvalue weighted by molar-refractivity contribution is 9.10. The molecule has 102 valence electrons. The number of hydrogen-bond acceptors (Lipinski definition) is 2. The summed E-state index contributed by atoms with van der Waals surface area (Å²) in [7, 11) is 0. The Morgan fingerprint density at radius 1 is 1.32 bits per heavy atom. The van der Waals surface area contributed by atoms with Crippen LogP contribution in [0.15, 0.2) is 41.1 Å². The molecule has 4 heteroatoms. The first-order valence-corrected chi connectivity index (χ1v) is 7.23. The molecule has 0 bridgehead atoms. The van der Waals surface area contributed by atoms with E-state index >= 15 is 0 Å². The fraction of sp³-hybridized carbons (Fsp3) is 0.400. The molecule has 0 atom stereocenters. The normalized spacial score (nSPS) is 11.8. The predicted octanol–water partition coefficient (Wildman–Crippen LogP) is 3.58. The minimum absolute atomic E-state index is 0.139. The Bertz CT molecular complexity index is 527. The van der Waals surface area contributed by atoms with Crippen LogP contribution in [-0.4, -0.2) is 15.3 Å². The zero-order valence-corrected chi connectivity index (χ0v) is 13.2. The molecule has 2 rings (SSSR count). The van der Waals surface area contributed by atoms with Gasteiger partial charge in [0.2, 0.25) is 0 Å². The molecular weight excluding hydrogens is 302 g/mol. The maximum Gasteiger partial charge on any atom is 0.0670 e. The maximum absolute atomic E-state index is 4.23. The number of nitrogens with one attached hydrogen (secondary N) is 1. The molecule has 0 saturated heterocycles. The summed E-state index contributed by atoms with van der Waals surface area (Å²) in [6.07, 6.45) is 3.77. The molecule has 0 aliphatic heterocycles. The summed E-state index contributed by atoms with van der Waals surface area (Å²) in [5.41, 5.74) is 2.66. The van der Waals surface area contributed by atoms with Crippen molar-refractivity contribution in [2.24, 2.45) is 0 Å². The molecule has 0 aliphatic rings. The third-order valence-corrected chi connectivity index (χ3v) is 3.57. The van der Waals surface area contributed by atoms with Crippen LogP contribution in [0.3, 0.4) is 0 Å². The Labute approximate surface area is 123 Å². The van der Waals surface area contributed by atoms with E-state index in [9.17, 15) is 0 Å². The number of rotatable bonds is 4. The fourth-order valence-corrected chi connectivity index (χ4v) is 2.32. The Morgan fingerprint density at radius 2 is 2.11 bits per heavy atom. The van der Waals surface area contributed by atoms with Gasteiger partial charge in [-0.3, -0.25) is 4.68 Å². The molecule has 1 aromatic carbocycles. The molecule has 2 aromatic rings. The van der Waals surface area contributed by atoms with Crippen LogP contribution in [0.4, 0.5) is 0 Å². The second kappa shape index (κ2) is 5.88. The van der Waals surface area contributed by atoms with E-state index in [0.29, 0.717) is 0 Å². The summed E-state index contributed by atoms with van der Waals surface area (Å²) in [5, 5.41) is 7.72. The summed E-state index contributed by atoms with van der Waals surface area (Å²) >= 11 is 3.64. The van der Waals surface area contributed by atoms with E-state index in [1.165, 1.54) is 11.1 Å². The number of nitrogens with zero attached hydrogens (tertiary/aromatic N) is 2. The number of hydrogen-bond donors (Lipinski definition) is 1. The lowest BCUT2D eigenvalue weighted by Crippen LogP contribution is -2.35. The molecule has 1 aromatic heterocycles. The lowest BCUT2D eigenvalue weighted by molar-refractivity contribution is 0.424. The smallest absolute Gasteiger partial charge is 0.0670 e. The highest BCUT2D eigenvalue weighted by Crippen LogP contribution is 2.20. The summed E-state index contributed by atoms with van der Waals surface area (Å²) < 4.78 is 3.06. The van der Waals surface area contributed by atoms with Crippen LogP contribution in [0.2, 0.25) is 0 Å². The molecule has 0 unspecified atom stereocenters. The Morgan fingerprint density at radius 3 is 2.68 bits per heavy atom. The standard InChI is InChI=1S/C15H20BrN3/c1-15(2,3)17-10-12-5-6-13(14(16)9-12)11-19-8-4-7-18-19/h4-9,17H,10-11H2,1-3H3. The van der Waals surface area contributed by atoms with E-state index in [2.05, 4.69) is 65.3 Å². The van der Waals surface area contributed by atoms with Crippen molar-refractivity contribution < 1.29 is 0 Å². The predicted molar refractivity (Wildman–Crippen MR) is 82.1 cm³/mol. The lowest BCUT2D eigenvalue weighted by atomic mass is 10.1. The molecule has 1 N–H and O–H groups in total. The minimum atomic E-state index is 0.139. The number of aromatic nitrogens is 2. The van der Waals surface area contributed by atoms with E-state index in [-0.39, 0.29) is 5.54 Å². The van der Waals surface area contributed by atoms with Gasteiger partial charge in [-0.25, -0.2) is 0 Å². The quantitative estimate of drug-likeness (QED) is 0.932. The Kier molecular flexibility index (Phi) is 4.42. The SMILES string of the molecule is CC(C)(C)NCc1ccc(Cn2cccn2)c(Br)c1. The first-order valence-electron chi connectivity index (χ1n) is 6.44. The zero-order valence-electron chi connectivity index (χ0n) is 11.7. The van der Waals surface area contributed by atoms with Crippen molar-refractivity contribution >= 4 is 15.9 Å². The molecule has 0 fully saturated rings. The second-order valence-electron chi connectivity index (χ2n) is 5.73. The van der Waals surface area contributed by atoms with Crippen molar-refractivity contribution in [1.29, 1.82) is 0 Å². The van der Waals surface area contributed by atoms with Crippen molar-refractivity contribution in [2.75, 3.05) is 0 Å². The summed E-state index contributed by atoms with van der Waals surface area (Å²) in [6.45, 7) is 8.20. The van der Waals surface area contributed by atoms with Gasteiger partial charge in [0.15, 0.2) is 0 Å². The molecular formula is C15H20BrN3. The summed E-state index contributed by atoms with van der Waals surface area (Å²) in [5.74, 6) is 0. The fourth-order valence-electron chi connectivity index (χ4n) is 1.76. The van der Waals surface area contributed by atoms with Gasteiger partial charge in [-0.1, -0.05) is 28.1 Å². The van der Waals surface area contributed by atoms with E-state index in [0.717, 1.165) is 17.6 Å². The molecule has 0 saturated carbocycles. The van der Waals surface area contributed by atoms with Gasteiger partial charge >= 0.3 is 0 Å². The van der Waals surface area contributed by atoms with Crippen molar-refractivity contribution in [3.05, 3.63) is 52.3 Å². The van der Waals surface area contributed by atoms with Crippen molar-refractivity contribution in [3.8, 4) is 0 Å². The van der Waals surface area contributed by atoms with Crippen molar-refractivity contribution in [1.82, 2.24) is 15.1 Å².